The lowest BCUT2D eigenvalue weighted by atomic mass is 9.81. The van der Waals surface area contributed by atoms with Crippen molar-refractivity contribution in [3.63, 3.8) is 0 Å². The lowest BCUT2D eigenvalue weighted by molar-refractivity contribution is -0.157. The molecule has 0 unspecified atom stereocenters. The van der Waals surface area contributed by atoms with Crippen LogP contribution in [-0.2, 0) is 24.4 Å². The van der Waals surface area contributed by atoms with E-state index in [1.165, 1.54) is 33.3 Å². The number of hydrogen-bond acceptors (Lipinski definition) is 10. The molecule has 7 atom stereocenters. The molecule has 3 N–H and O–H groups in total. The summed E-state index contributed by atoms with van der Waals surface area (Å²) in [5.41, 5.74) is -4.15. The third kappa shape index (κ3) is 8.67. The molecule has 0 spiro atoms. The molecule has 61 heavy (non-hydrogen) atoms. The molecular formula is C42H56F3N5O10S. The van der Waals surface area contributed by atoms with Gasteiger partial charge in [-0.15, -0.1) is 0 Å². The van der Waals surface area contributed by atoms with Gasteiger partial charge in [0, 0.05) is 30.7 Å². The van der Waals surface area contributed by atoms with Crippen molar-refractivity contribution in [3.05, 3.63) is 36.2 Å². The molecule has 15 nitrogen and oxygen atoms in total. The van der Waals surface area contributed by atoms with E-state index in [9.17, 15) is 27.9 Å². The number of carbonyl (C=O) groups excluding carboxylic acids is 3. The highest BCUT2D eigenvalue weighted by Gasteiger charge is 2.63. The first kappa shape index (κ1) is 45.7. The van der Waals surface area contributed by atoms with Crippen LogP contribution < -0.4 is 24.2 Å². The van der Waals surface area contributed by atoms with Crippen LogP contribution in [0.2, 0.25) is 0 Å². The summed E-state index contributed by atoms with van der Waals surface area (Å²) >= 11 is 0. The molecule has 1 saturated heterocycles. The second-order valence-corrected chi connectivity index (χ2v) is 20.1. The minimum absolute atomic E-state index is 0.0469. The zero-order valence-electron chi connectivity index (χ0n) is 35.7. The van der Waals surface area contributed by atoms with Gasteiger partial charge in [-0.2, -0.15) is 4.98 Å². The molecule has 0 bridgehead atoms. The maximum atomic E-state index is 15.5. The van der Waals surface area contributed by atoms with E-state index in [0.29, 0.717) is 42.9 Å². The minimum Gasteiger partial charge on any atom is -0.494 e. The Morgan fingerprint density at radius 2 is 1.80 bits per heavy atom. The van der Waals surface area contributed by atoms with Gasteiger partial charge >= 0.3 is 6.09 Å². The Bertz CT molecular complexity index is 2210. The molecular weight excluding hydrogens is 824 g/mol. The normalized spacial score (nSPS) is 28.6. The summed E-state index contributed by atoms with van der Waals surface area (Å²) in [5, 5.41) is 14.1. The fourth-order valence-electron chi connectivity index (χ4n) is 8.55. The van der Waals surface area contributed by atoms with E-state index < -0.39 is 91.4 Å². The Morgan fingerprint density at radius 1 is 1.11 bits per heavy atom. The van der Waals surface area contributed by atoms with E-state index in [4.69, 9.17) is 14.2 Å². The smallest absolute Gasteiger partial charge is 0.408 e. The third-order valence-corrected chi connectivity index (χ3v) is 15.4. The SMILES string of the molecule is CC[C@@H]1C[C@H](C)CC/C=C\[C@@H]2C[C@@]2(C(=O)NS(=O)(=O)C2(C)CC2)NC(=O)[C@@H]2C[C@@H](Oc3nc(OC)cc4cc(OC)c(F)cc34)CN2C(=O)[C@H]1N(C(=O)O)C(C)(C)C(C)(F)F. The molecule has 2 aliphatic carbocycles. The van der Waals surface area contributed by atoms with Gasteiger partial charge < -0.3 is 29.5 Å². The average Bonchev–Trinajstić information content (AvgIpc) is 4.06. The lowest BCUT2D eigenvalue weighted by Crippen LogP contribution is -2.67. The van der Waals surface area contributed by atoms with Crippen LogP contribution in [0.4, 0.5) is 18.0 Å². The van der Waals surface area contributed by atoms with Crippen molar-refractivity contribution in [1.29, 1.82) is 0 Å². The summed E-state index contributed by atoms with van der Waals surface area (Å²) in [5.74, 6) is -8.79. The summed E-state index contributed by atoms with van der Waals surface area (Å²) in [6.07, 6.45) is 2.74. The van der Waals surface area contributed by atoms with Crippen LogP contribution in [0.1, 0.15) is 92.9 Å². The van der Waals surface area contributed by atoms with E-state index in [-0.39, 0.29) is 61.0 Å². The Labute approximate surface area is 353 Å². The van der Waals surface area contributed by atoms with E-state index in [2.05, 4.69) is 15.0 Å². The number of carboxylic acid groups (broad SMARTS) is 1. The number of allylic oxidation sites excluding steroid dienone is 1. The fourth-order valence-corrected chi connectivity index (χ4v) is 9.87. The number of ether oxygens (including phenoxy) is 3. The first-order valence-corrected chi connectivity index (χ1v) is 22.1. The summed E-state index contributed by atoms with van der Waals surface area (Å²) < 4.78 is 90.6. The van der Waals surface area contributed by atoms with Gasteiger partial charge in [-0.3, -0.25) is 24.0 Å². The monoisotopic (exact) mass is 879 g/mol. The zero-order chi connectivity index (χ0) is 45.0. The Kier molecular flexibility index (Phi) is 12.3. The molecule has 1 aromatic heterocycles. The molecule has 19 heteroatoms. The number of sulfonamides is 1. The highest BCUT2D eigenvalue weighted by Crippen LogP contribution is 2.48. The van der Waals surface area contributed by atoms with Crippen LogP contribution in [0.15, 0.2) is 30.4 Å². The van der Waals surface area contributed by atoms with E-state index in [0.717, 1.165) is 24.8 Å². The number of nitrogens with zero attached hydrogens (tertiary/aromatic N) is 3. The number of fused-ring (bicyclic) bond motifs is 3. The fraction of sp³-hybridized carbons (Fsp3) is 0.643. The lowest BCUT2D eigenvalue weighted by Gasteiger charge is -2.47. The summed E-state index contributed by atoms with van der Waals surface area (Å²) in [4.78, 5) is 63.3. The number of nitrogens with one attached hydrogen (secondary N) is 2. The molecule has 3 heterocycles. The maximum absolute atomic E-state index is 15.5. The van der Waals surface area contributed by atoms with Crippen molar-refractivity contribution in [2.75, 3.05) is 20.8 Å². The first-order chi connectivity index (χ1) is 28.4. The van der Waals surface area contributed by atoms with Crippen molar-refractivity contribution in [3.8, 4) is 17.5 Å². The quantitative estimate of drug-likeness (QED) is 0.231. The highest BCUT2D eigenvalue weighted by atomic mass is 32.2. The molecule has 0 radical (unpaired) electrons. The number of alkyl halides is 2. The number of benzene rings is 1. The molecule has 3 fully saturated rings. The first-order valence-electron chi connectivity index (χ1n) is 20.6. The molecule has 4 amide bonds. The summed E-state index contributed by atoms with van der Waals surface area (Å²) in [6.45, 7) is 7.46. The number of methoxy groups -OCH3 is 2. The summed E-state index contributed by atoms with van der Waals surface area (Å²) in [7, 11) is -1.48. The molecule has 4 aliphatic rings. The second-order valence-electron chi connectivity index (χ2n) is 17.9. The molecule has 336 valence electrons. The average molecular weight is 880 g/mol. The van der Waals surface area contributed by atoms with Gasteiger partial charge in [0.15, 0.2) is 11.6 Å². The van der Waals surface area contributed by atoms with Gasteiger partial charge in [0.25, 0.3) is 11.8 Å². The van der Waals surface area contributed by atoms with Crippen molar-refractivity contribution in [2.24, 2.45) is 17.8 Å². The molecule has 6 rings (SSSR count). The van der Waals surface area contributed by atoms with Crippen LogP contribution in [0.5, 0.6) is 17.5 Å². The van der Waals surface area contributed by atoms with Gasteiger partial charge in [0.1, 0.15) is 29.3 Å². The van der Waals surface area contributed by atoms with Crippen LogP contribution in [0, 0.1) is 23.6 Å². The topological polar surface area (TPSA) is 194 Å². The van der Waals surface area contributed by atoms with Crippen molar-refractivity contribution < 1.29 is 60.1 Å². The molecule has 2 aromatic rings. The number of hydrogen-bond donors (Lipinski definition) is 3. The van der Waals surface area contributed by atoms with Gasteiger partial charge in [0.05, 0.1) is 25.5 Å². The Hall–Kier alpha value is -4.81. The van der Waals surface area contributed by atoms with E-state index in [1.54, 1.807) is 13.0 Å². The highest BCUT2D eigenvalue weighted by molar-refractivity contribution is 7.91. The van der Waals surface area contributed by atoms with Crippen LogP contribution in [0.3, 0.4) is 0 Å². The van der Waals surface area contributed by atoms with Gasteiger partial charge in [-0.1, -0.05) is 32.4 Å². The second kappa shape index (κ2) is 16.5. The van der Waals surface area contributed by atoms with Gasteiger partial charge in [-0.05, 0) is 88.7 Å². The largest absolute Gasteiger partial charge is 0.494 e. The number of halogens is 3. The van der Waals surface area contributed by atoms with Gasteiger partial charge in [-0.25, -0.2) is 26.4 Å². The zero-order valence-corrected chi connectivity index (χ0v) is 36.5. The van der Waals surface area contributed by atoms with Crippen LogP contribution >= 0.6 is 0 Å². The predicted molar refractivity (Wildman–Crippen MR) is 217 cm³/mol. The Morgan fingerprint density at radius 3 is 2.39 bits per heavy atom. The van der Waals surface area contributed by atoms with E-state index in [1.807, 2.05) is 13.0 Å². The van der Waals surface area contributed by atoms with Crippen molar-refractivity contribution in [2.45, 2.75) is 133 Å². The molecule has 1 aromatic carbocycles. The van der Waals surface area contributed by atoms with Crippen LogP contribution in [0.25, 0.3) is 10.8 Å². The maximum Gasteiger partial charge on any atom is 0.408 e. The standard InChI is InChI=1S/C42H56F3N5O10S/c1-9-24-16-23(2)12-10-11-13-26-21-42(26,37(53)48-61(56,57)40(5)14-15-40)47-34(51)30-19-27(22-49(30)36(52)33(24)50(38(54)55)39(3,4)41(6,44)45)60-35-28-20-29(43)31(58-7)17-25(28)18-32(46-35)59-8/h11,13,17-18,20,23-24,26-27,30,33H,9-10,12,14-16,19,21-22H2,1-8H3,(H,47,51)(H,48,53)(H,54,55)/b13-11-/t23-,24-,26-,27-,30+,33+,42-/m1/s1. The number of rotatable bonds is 11. The predicted octanol–water partition coefficient (Wildman–Crippen LogP) is 5.80. The number of amides is 4. The number of pyridine rings is 1. The van der Waals surface area contributed by atoms with Crippen molar-refractivity contribution in [1.82, 2.24) is 24.8 Å². The van der Waals surface area contributed by atoms with Crippen LogP contribution in [-0.4, -0.2) is 113 Å². The van der Waals surface area contributed by atoms with E-state index >= 15 is 18.0 Å². The third-order valence-electron chi connectivity index (χ3n) is 13.3. The van der Waals surface area contributed by atoms with Gasteiger partial charge in [0.2, 0.25) is 33.6 Å². The molecule has 2 aliphatic heterocycles. The number of carbonyl (C=O) groups is 4. The number of aromatic nitrogens is 1. The Balaban J connectivity index is 1.46. The minimum atomic E-state index is -4.13. The molecule has 2 saturated carbocycles. The summed E-state index contributed by atoms with van der Waals surface area (Å²) in [6, 6.07) is 0.878. The van der Waals surface area contributed by atoms with Crippen molar-refractivity contribution >= 4 is 44.6 Å².